The van der Waals surface area contributed by atoms with E-state index in [0.717, 1.165) is 16.2 Å². The fourth-order valence-corrected chi connectivity index (χ4v) is 3.35. The van der Waals surface area contributed by atoms with E-state index in [1.807, 2.05) is 24.1 Å². The van der Waals surface area contributed by atoms with Gasteiger partial charge in [0.15, 0.2) is 0 Å². The van der Waals surface area contributed by atoms with Crippen molar-refractivity contribution in [3.05, 3.63) is 57.7 Å². The van der Waals surface area contributed by atoms with Gasteiger partial charge in [0.1, 0.15) is 23.3 Å². The van der Waals surface area contributed by atoms with Crippen LogP contribution < -0.4 is 5.73 Å². The Balaban J connectivity index is 2.23. The van der Waals surface area contributed by atoms with Crippen molar-refractivity contribution in [2.75, 3.05) is 7.05 Å². The van der Waals surface area contributed by atoms with E-state index < -0.39 is 23.3 Å². The normalized spacial score (nSPS) is 18.9. The van der Waals surface area contributed by atoms with Crippen LogP contribution >= 0.6 is 15.9 Å². The molecule has 0 aromatic heterocycles. The number of hydrogen-bond donors (Lipinski definition) is 2. The van der Waals surface area contributed by atoms with Crippen molar-refractivity contribution in [2.45, 2.75) is 38.0 Å². The second-order valence-electron chi connectivity index (χ2n) is 6.56. The van der Waals surface area contributed by atoms with Crippen LogP contribution in [0.2, 0.25) is 0 Å². The number of allylic oxidation sites excluding steroid dienone is 2. The summed E-state index contributed by atoms with van der Waals surface area (Å²) in [5.41, 5.74) is 6.48. The Labute approximate surface area is 155 Å². The number of nitrogens with two attached hydrogens (primary N) is 1. The van der Waals surface area contributed by atoms with Gasteiger partial charge in [-0.3, -0.25) is 0 Å². The van der Waals surface area contributed by atoms with Gasteiger partial charge in [-0.15, -0.1) is 0 Å². The van der Waals surface area contributed by atoms with Gasteiger partial charge in [-0.2, -0.15) is 0 Å². The summed E-state index contributed by atoms with van der Waals surface area (Å²) in [7, 11) is 1.84. The summed E-state index contributed by atoms with van der Waals surface area (Å²) in [6.07, 6.45) is 4.02. The molecule has 0 saturated carbocycles. The maximum absolute atomic E-state index is 13.4. The Hall–Kier alpha value is -1.68. The first-order chi connectivity index (χ1) is 11.6. The molecule has 1 heterocycles. The van der Waals surface area contributed by atoms with Gasteiger partial charge in [0.2, 0.25) is 0 Å². The molecule has 0 spiro atoms. The molecule has 134 valence electrons. The predicted molar refractivity (Wildman–Crippen MR) is 98.8 cm³/mol. The number of aliphatic hydroxyl groups is 1. The summed E-state index contributed by atoms with van der Waals surface area (Å²) in [4.78, 5) is 1.89. The van der Waals surface area contributed by atoms with Gasteiger partial charge >= 0.3 is 0 Å². The second kappa shape index (κ2) is 7.69. The van der Waals surface area contributed by atoms with E-state index in [1.54, 1.807) is 13.8 Å². The first kappa shape index (κ1) is 19.6. The SMILES string of the molecule is CN1C(C(N)Cc2cc(F)cc(F)c2)=C(Br)C=CC1C#CC(C)(C)O. The first-order valence-electron chi connectivity index (χ1n) is 7.83. The quantitative estimate of drug-likeness (QED) is 0.752. The first-order valence-corrected chi connectivity index (χ1v) is 8.62. The van der Waals surface area contributed by atoms with Gasteiger partial charge in [0.05, 0.1) is 0 Å². The fraction of sp³-hybridized carbons (Fsp3) is 0.368. The number of hydrogen-bond acceptors (Lipinski definition) is 3. The Morgan fingerprint density at radius 2 is 1.92 bits per heavy atom. The van der Waals surface area contributed by atoms with Crippen molar-refractivity contribution < 1.29 is 13.9 Å². The van der Waals surface area contributed by atoms with Crippen LogP contribution in [0, 0.1) is 23.5 Å². The predicted octanol–water partition coefficient (Wildman–Crippen LogP) is 3.09. The minimum Gasteiger partial charge on any atom is -0.378 e. The molecule has 3 nitrogen and oxygen atoms in total. The molecule has 1 aliphatic heterocycles. The number of nitrogens with zero attached hydrogens (tertiary/aromatic N) is 1. The topological polar surface area (TPSA) is 49.5 Å². The van der Waals surface area contributed by atoms with Crippen LogP contribution in [0.4, 0.5) is 8.78 Å². The molecule has 0 fully saturated rings. The summed E-state index contributed by atoms with van der Waals surface area (Å²) in [5.74, 6) is 4.56. The highest BCUT2D eigenvalue weighted by Crippen LogP contribution is 2.27. The lowest BCUT2D eigenvalue weighted by molar-refractivity contribution is 0.143. The third kappa shape index (κ3) is 5.40. The maximum Gasteiger partial charge on any atom is 0.126 e. The molecule has 0 saturated heterocycles. The third-order valence-corrected chi connectivity index (χ3v) is 4.39. The summed E-state index contributed by atoms with van der Waals surface area (Å²) in [6.45, 7) is 3.23. The largest absolute Gasteiger partial charge is 0.378 e. The highest BCUT2D eigenvalue weighted by Gasteiger charge is 2.25. The molecule has 2 rings (SSSR count). The number of halogens is 3. The fourth-order valence-electron chi connectivity index (χ4n) is 2.62. The molecule has 3 N–H and O–H groups in total. The summed E-state index contributed by atoms with van der Waals surface area (Å²) < 4.78 is 27.6. The molecule has 1 aliphatic rings. The monoisotopic (exact) mass is 410 g/mol. The zero-order valence-corrected chi connectivity index (χ0v) is 15.9. The summed E-state index contributed by atoms with van der Waals surface area (Å²) in [6, 6.07) is 2.67. The highest BCUT2D eigenvalue weighted by molar-refractivity contribution is 9.11. The molecule has 0 radical (unpaired) electrons. The van der Waals surface area contributed by atoms with Crippen LogP contribution in [0.15, 0.2) is 40.5 Å². The van der Waals surface area contributed by atoms with E-state index in [9.17, 15) is 13.9 Å². The van der Waals surface area contributed by atoms with Gasteiger partial charge in [-0.1, -0.05) is 11.8 Å². The number of likely N-dealkylation sites (N-methyl/N-ethyl adjacent to an activating group) is 1. The van der Waals surface area contributed by atoms with E-state index in [2.05, 4.69) is 27.8 Å². The van der Waals surface area contributed by atoms with E-state index in [4.69, 9.17) is 5.73 Å². The molecule has 0 amide bonds. The van der Waals surface area contributed by atoms with Crippen molar-refractivity contribution in [3.63, 3.8) is 0 Å². The lowest BCUT2D eigenvalue weighted by atomic mass is 9.99. The van der Waals surface area contributed by atoms with E-state index in [0.29, 0.717) is 5.56 Å². The zero-order valence-electron chi connectivity index (χ0n) is 14.4. The van der Waals surface area contributed by atoms with Crippen LogP contribution in [0.1, 0.15) is 19.4 Å². The van der Waals surface area contributed by atoms with Gasteiger partial charge in [-0.05, 0) is 66.0 Å². The van der Waals surface area contributed by atoms with Crippen molar-refractivity contribution >= 4 is 15.9 Å². The molecule has 25 heavy (non-hydrogen) atoms. The van der Waals surface area contributed by atoms with Crippen LogP contribution in [0.25, 0.3) is 0 Å². The van der Waals surface area contributed by atoms with Crippen molar-refractivity contribution in [1.29, 1.82) is 0 Å². The number of rotatable bonds is 3. The lowest BCUT2D eigenvalue weighted by Gasteiger charge is -2.34. The lowest BCUT2D eigenvalue weighted by Crippen LogP contribution is -2.41. The molecule has 0 aliphatic carbocycles. The Morgan fingerprint density at radius 3 is 2.48 bits per heavy atom. The molecule has 2 atom stereocenters. The minimum atomic E-state index is -1.09. The van der Waals surface area contributed by atoms with Gasteiger partial charge in [-0.25, -0.2) is 8.78 Å². The van der Waals surface area contributed by atoms with Crippen LogP contribution in [-0.2, 0) is 6.42 Å². The van der Waals surface area contributed by atoms with Crippen LogP contribution in [-0.4, -0.2) is 34.7 Å². The van der Waals surface area contributed by atoms with Gasteiger partial charge in [0, 0.05) is 29.3 Å². The third-order valence-electron chi connectivity index (χ3n) is 3.72. The van der Waals surface area contributed by atoms with Gasteiger partial charge < -0.3 is 15.7 Å². The molecule has 2 unspecified atom stereocenters. The zero-order chi connectivity index (χ0) is 18.8. The standard InChI is InChI=1S/C19H21BrF2N2O/c1-19(2,25)7-6-15-4-5-16(20)18(24(15)3)17(23)10-12-8-13(21)11-14(22)9-12/h4-5,8-9,11,15,17,25H,10,23H2,1-3H3. The second-order valence-corrected chi connectivity index (χ2v) is 7.42. The molecule has 6 heteroatoms. The summed E-state index contributed by atoms with van der Waals surface area (Å²) >= 11 is 3.48. The number of benzene rings is 1. The Kier molecular flexibility index (Phi) is 6.04. The minimum absolute atomic E-state index is 0.252. The van der Waals surface area contributed by atoms with Crippen molar-refractivity contribution in [2.24, 2.45) is 5.73 Å². The molecular formula is C19H21BrF2N2O. The molecule has 1 aromatic rings. The molecule has 1 aromatic carbocycles. The highest BCUT2D eigenvalue weighted by atomic mass is 79.9. The van der Waals surface area contributed by atoms with Crippen molar-refractivity contribution in [1.82, 2.24) is 4.90 Å². The van der Waals surface area contributed by atoms with Crippen LogP contribution in [0.5, 0.6) is 0 Å². The van der Waals surface area contributed by atoms with Crippen molar-refractivity contribution in [3.8, 4) is 11.8 Å². The Morgan fingerprint density at radius 1 is 1.32 bits per heavy atom. The molecule has 0 bridgehead atoms. The van der Waals surface area contributed by atoms with E-state index in [1.165, 1.54) is 12.1 Å². The smallest absolute Gasteiger partial charge is 0.126 e. The molecular weight excluding hydrogens is 390 g/mol. The van der Waals surface area contributed by atoms with E-state index in [-0.39, 0.29) is 12.5 Å². The maximum atomic E-state index is 13.4. The van der Waals surface area contributed by atoms with Crippen LogP contribution in [0.3, 0.4) is 0 Å². The average Bonchev–Trinajstić information content (AvgIpc) is 2.44. The van der Waals surface area contributed by atoms with E-state index >= 15 is 0 Å². The average molecular weight is 411 g/mol. The van der Waals surface area contributed by atoms with Gasteiger partial charge in [0.25, 0.3) is 0 Å². The Bertz CT molecular complexity index is 752. The summed E-state index contributed by atoms with van der Waals surface area (Å²) in [5, 5.41) is 9.78.